The lowest BCUT2D eigenvalue weighted by molar-refractivity contribution is -0.123. The molecule has 4 nitrogen and oxygen atoms in total. The molecule has 0 aliphatic heterocycles. The Labute approximate surface area is 236 Å². The molecule has 0 saturated heterocycles. The van der Waals surface area contributed by atoms with Crippen LogP contribution in [0.1, 0.15) is 112 Å². The third-order valence-corrected chi connectivity index (χ3v) is 8.74. The lowest BCUT2D eigenvalue weighted by atomic mass is 9.81. The largest absolute Gasteiger partial charge is 0.497 e. The molecular formula is C35H50O4. The molecule has 1 saturated carbocycles. The number of benzene rings is 2. The Hall–Kier alpha value is -2.62. The van der Waals surface area contributed by atoms with Crippen LogP contribution in [0.3, 0.4) is 0 Å². The number of unbranched alkanes of at least 4 members (excludes halogenated alkanes) is 1. The molecule has 4 heteroatoms. The maximum Gasteiger partial charge on any atom is 0.162 e. The lowest BCUT2D eigenvalue weighted by Gasteiger charge is -2.23. The number of hydrogen-bond acceptors (Lipinski definition) is 4. The van der Waals surface area contributed by atoms with Crippen LogP contribution in [-0.2, 0) is 11.2 Å². The molecule has 0 bridgehead atoms. The van der Waals surface area contributed by atoms with E-state index in [1.807, 2.05) is 24.3 Å². The fourth-order valence-electron chi connectivity index (χ4n) is 6.34. The molecule has 0 spiro atoms. The van der Waals surface area contributed by atoms with Crippen LogP contribution in [0.15, 0.2) is 42.5 Å². The van der Waals surface area contributed by atoms with E-state index >= 15 is 0 Å². The zero-order valence-electron chi connectivity index (χ0n) is 24.8. The summed E-state index contributed by atoms with van der Waals surface area (Å²) >= 11 is 0. The summed E-state index contributed by atoms with van der Waals surface area (Å²) in [7, 11) is 3.34. The highest BCUT2D eigenvalue weighted by molar-refractivity contribution is 5.96. The van der Waals surface area contributed by atoms with Crippen molar-refractivity contribution in [3.8, 4) is 11.5 Å². The average Bonchev–Trinajstić information content (AvgIpc) is 3.47. The normalized spacial score (nSPS) is 15.2. The van der Waals surface area contributed by atoms with Gasteiger partial charge in [-0.05, 0) is 92.3 Å². The molecule has 1 aliphatic rings. The van der Waals surface area contributed by atoms with Crippen molar-refractivity contribution in [3.63, 3.8) is 0 Å². The van der Waals surface area contributed by atoms with E-state index in [-0.39, 0.29) is 11.7 Å². The highest BCUT2D eigenvalue weighted by atomic mass is 16.5. The minimum absolute atomic E-state index is 0.109. The third kappa shape index (κ3) is 10.1. The quantitative estimate of drug-likeness (QED) is 0.141. The second-order valence-corrected chi connectivity index (χ2v) is 11.6. The third-order valence-electron chi connectivity index (χ3n) is 8.74. The number of aryl methyl sites for hydroxylation is 1. The minimum Gasteiger partial charge on any atom is -0.497 e. The highest BCUT2D eigenvalue weighted by Crippen LogP contribution is 2.32. The van der Waals surface area contributed by atoms with E-state index < -0.39 is 0 Å². The second-order valence-electron chi connectivity index (χ2n) is 11.6. The first-order chi connectivity index (χ1) is 18.9. The molecule has 3 rings (SSSR count). The van der Waals surface area contributed by atoms with Gasteiger partial charge in [0.25, 0.3) is 0 Å². The smallest absolute Gasteiger partial charge is 0.162 e. The van der Waals surface area contributed by atoms with E-state index in [0.29, 0.717) is 30.1 Å². The van der Waals surface area contributed by atoms with Crippen molar-refractivity contribution < 1.29 is 19.1 Å². The molecule has 1 aliphatic carbocycles. The number of carbonyl (C=O) groups is 2. The van der Waals surface area contributed by atoms with Gasteiger partial charge in [-0.15, -0.1) is 0 Å². The summed E-state index contributed by atoms with van der Waals surface area (Å²) in [5, 5.41) is 0. The number of methoxy groups -OCH3 is 2. The van der Waals surface area contributed by atoms with E-state index in [0.717, 1.165) is 49.5 Å². The monoisotopic (exact) mass is 534 g/mol. The summed E-state index contributed by atoms with van der Waals surface area (Å²) in [4.78, 5) is 25.8. The second kappa shape index (κ2) is 16.5. The molecule has 0 N–H and O–H groups in total. The first kappa shape index (κ1) is 30.9. The number of rotatable bonds is 18. The SMILES string of the molecule is CCC(CC(CCCC1CCCC1)Cc1ccc(OC)c(C)c1)C(=O)CCCCC(=O)c1ccc(OC)cc1. The molecule has 0 amide bonds. The molecular weight excluding hydrogens is 484 g/mol. The molecule has 39 heavy (non-hydrogen) atoms. The summed E-state index contributed by atoms with van der Waals surface area (Å²) < 4.78 is 10.6. The molecule has 1 fully saturated rings. The Morgan fingerprint density at radius 3 is 2.28 bits per heavy atom. The number of ketones is 2. The lowest BCUT2D eigenvalue weighted by Crippen LogP contribution is -2.19. The van der Waals surface area contributed by atoms with Crippen LogP contribution in [0.4, 0.5) is 0 Å². The Bertz CT molecular complexity index is 1020. The Kier molecular flexibility index (Phi) is 13.1. The Balaban J connectivity index is 1.51. The van der Waals surface area contributed by atoms with Crippen LogP contribution < -0.4 is 9.47 Å². The molecule has 0 aromatic heterocycles. The Morgan fingerprint density at radius 2 is 1.64 bits per heavy atom. The van der Waals surface area contributed by atoms with Crippen molar-refractivity contribution in [1.29, 1.82) is 0 Å². The van der Waals surface area contributed by atoms with Crippen LogP contribution in [0.25, 0.3) is 0 Å². The van der Waals surface area contributed by atoms with Crippen LogP contribution in [0.2, 0.25) is 0 Å². The molecule has 0 heterocycles. The van der Waals surface area contributed by atoms with Gasteiger partial charge in [0.05, 0.1) is 14.2 Å². The molecule has 2 aromatic carbocycles. The van der Waals surface area contributed by atoms with E-state index in [4.69, 9.17) is 9.47 Å². The molecule has 0 radical (unpaired) electrons. The summed E-state index contributed by atoms with van der Waals surface area (Å²) in [5.74, 6) is 3.74. The van der Waals surface area contributed by atoms with Gasteiger partial charge in [0.2, 0.25) is 0 Å². The van der Waals surface area contributed by atoms with E-state index in [1.165, 1.54) is 56.1 Å². The highest BCUT2D eigenvalue weighted by Gasteiger charge is 2.23. The molecule has 2 aromatic rings. The number of hydrogen-bond donors (Lipinski definition) is 0. The summed E-state index contributed by atoms with van der Waals surface area (Å²) in [5.41, 5.74) is 3.23. The zero-order valence-corrected chi connectivity index (χ0v) is 24.8. The van der Waals surface area contributed by atoms with Crippen molar-refractivity contribution in [2.24, 2.45) is 17.8 Å². The zero-order chi connectivity index (χ0) is 28.0. The van der Waals surface area contributed by atoms with Gasteiger partial charge in [0, 0.05) is 24.3 Å². The van der Waals surface area contributed by atoms with E-state index in [9.17, 15) is 9.59 Å². The van der Waals surface area contributed by atoms with Crippen molar-refractivity contribution >= 4 is 11.6 Å². The summed E-state index contributed by atoms with van der Waals surface area (Å²) in [6.07, 6.45) is 14.9. The predicted molar refractivity (Wildman–Crippen MR) is 160 cm³/mol. The number of ether oxygens (including phenoxy) is 2. The van der Waals surface area contributed by atoms with Gasteiger partial charge in [-0.2, -0.15) is 0 Å². The van der Waals surface area contributed by atoms with Gasteiger partial charge in [0.15, 0.2) is 5.78 Å². The summed E-state index contributed by atoms with van der Waals surface area (Å²) in [6.45, 7) is 4.26. The van der Waals surface area contributed by atoms with Crippen LogP contribution in [0.5, 0.6) is 11.5 Å². The van der Waals surface area contributed by atoms with Crippen molar-refractivity contribution in [2.45, 2.75) is 104 Å². The first-order valence-electron chi connectivity index (χ1n) is 15.3. The van der Waals surface area contributed by atoms with Gasteiger partial charge in [0.1, 0.15) is 17.3 Å². The first-order valence-corrected chi connectivity index (χ1v) is 15.3. The van der Waals surface area contributed by atoms with Crippen molar-refractivity contribution in [2.75, 3.05) is 14.2 Å². The standard InChI is InChI=1S/C35H50O4/c1-5-30(33(36)15-8-9-16-34(37)31-18-20-32(38-3)21-19-31)25-28(14-10-13-27-11-6-7-12-27)24-29-17-22-35(39-4)26(2)23-29/h17-23,27-28,30H,5-16,24-25H2,1-4H3. The fourth-order valence-corrected chi connectivity index (χ4v) is 6.34. The maximum absolute atomic E-state index is 13.3. The fraction of sp³-hybridized carbons (Fsp3) is 0.600. The van der Waals surface area contributed by atoms with Crippen LogP contribution in [-0.4, -0.2) is 25.8 Å². The van der Waals surface area contributed by atoms with Gasteiger partial charge in [-0.3, -0.25) is 9.59 Å². The van der Waals surface area contributed by atoms with Gasteiger partial charge in [-0.25, -0.2) is 0 Å². The molecule has 2 atom stereocenters. The maximum atomic E-state index is 13.3. The summed E-state index contributed by atoms with van der Waals surface area (Å²) in [6, 6.07) is 13.8. The van der Waals surface area contributed by atoms with Crippen molar-refractivity contribution in [1.82, 2.24) is 0 Å². The average molecular weight is 535 g/mol. The van der Waals surface area contributed by atoms with Gasteiger partial charge >= 0.3 is 0 Å². The predicted octanol–water partition coefficient (Wildman–Crippen LogP) is 8.96. The van der Waals surface area contributed by atoms with Gasteiger partial charge < -0.3 is 9.47 Å². The van der Waals surface area contributed by atoms with Crippen LogP contribution >= 0.6 is 0 Å². The molecule has 2 unspecified atom stereocenters. The topological polar surface area (TPSA) is 52.6 Å². The van der Waals surface area contributed by atoms with E-state index in [1.54, 1.807) is 14.2 Å². The van der Waals surface area contributed by atoms with Gasteiger partial charge in [-0.1, -0.05) is 64.0 Å². The van der Waals surface area contributed by atoms with Crippen molar-refractivity contribution in [3.05, 3.63) is 59.2 Å². The number of Topliss-reactive ketones (excluding diaryl/α,β-unsaturated/α-hetero) is 2. The number of carbonyl (C=O) groups excluding carboxylic acids is 2. The molecule has 214 valence electrons. The Morgan fingerprint density at radius 1 is 0.923 bits per heavy atom. The van der Waals surface area contributed by atoms with Crippen LogP contribution in [0, 0.1) is 24.7 Å². The van der Waals surface area contributed by atoms with E-state index in [2.05, 4.69) is 32.0 Å². The minimum atomic E-state index is 0.109.